The van der Waals surface area contributed by atoms with Gasteiger partial charge < -0.3 is 9.67 Å². The number of hydrogen-bond acceptors (Lipinski definition) is 6. The van der Waals surface area contributed by atoms with Crippen LogP contribution in [0.25, 0.3) is 11.1 Å². The summed E-state index contributed by atoms with van der Waals surface area (Å²) in [6.07, 6.45) is 2.11. The van der Waals surface area contributed by atoms with Crippen molar-refractivity contribution >= 4 is 27.3 Å². The Morgan fingerprint density at radius 2 is 1.96 bits per heavy atom. The summed E-state index contributed by atoms with van der Waals surface area (Å²) in [6, 6.07) is 7.23. The van der Waals surface area contributed by atoms with Crippen molar-refractivity contribution < 1.29 is 23.5 Å². The first-order chi connectivity index (χ1) is 12.5. The van der Waals surface area contributed by atoms with Gasteiger partial charge in [-0.25, -0.2) is 13.9 Å². The third kappa shape index (κ3) is 4.32. The molecule has 1 unspecified atom stereocenters. The van der Waals surface area contributed by atoms with Crippen LogP contribution in [0.2, 0.25) is 5.02 Å². The molecule has 2 aromatic rings. The van der Waals surface area contributed by atoms with Crippen LogP contribution in [0.4, 0.5) is 0 Å². The zero-order valence-corrected chi connectivity index (χ0v) is 16.2. The fourth-order valence-corrected chi connectivity index (χ4v) is 3.59. The molecule has 10 heteroatoms. The Morgan fingerprint density at radius 3 is 2.52 bits per heavy atom. The van der Waals surface area contributed by atoms with Crippen LogP contribution >= 0.6 is 11.6 Å². The van der Waals surface area contributed by atoms with Crippen molar-refractivity contribution in [2.24, 2.45) is 0 Å². The number of nitrogens with one attached hydrogen (secondary N) is 1. The predicted octanol–water partition coefficient (Wildman–Crippen LogP) is 1.57. The van der Waals surface area contributed by atoms with Gasteiger partial charge in [-0.2, -0.15) is 0 Å². The SMILES string of the molecule is CC(CCn1ccc(-c2cc(O)ccc2Cl)cc1=O)(C(=O)NO)S(C)(=O)=O. The molecular formula is C17H19ClN2O6S. The monoisotopic (exact) mass is 414 g/mol. The van der Waals surface area contributed by atoms with Gasteiger partial charge in [-0.05, 0) is 43.2 Å². The van der Waals surface area contributed by atoms with E-state index >= 15 is 0 Å². The van der Waals surface area contributed by atoms with Crippen molar-refractivity contribution in [3.8, 4) is 16.9 Å². The smallest absolute Gasteiger partial charge is 0.264 e. The number of benzene rings is 1. The minimum atomic E-state index is -3.85. The number of phenols is 1. The Morgan fingerprint density at radius 1 is 1.30 bits per heavy atom. The fourth-order valence-electron chi connectivity index (χ4n) is 2.51. The van der Waals surface area contributed by atoms with E-state index < -0.39 is 26.1 Å². The number of aromatic nitrogens is 1. The first kappa shape index (κ1) is 20.9. The molecule has 0 saturated carbocycles. The zero-order chi connectivity index (χ0) is 20.4. The van der Waals surface area contributed by atoms with Crippen molar-refractivity contribution in [1.29, 1.82) is 0 Å². The largest absolute Gasteiger partial charge is 0.508 e. The molecule has 2 rings (SSSR count). The average Bonchev–Trinajstić information content (AvgIpc) is 2.60. The highest BCUT2D eigenvalue weighted by molar-refractivity contribution is 7.92. The molecule has 0 aliphatic carbocycles. The molecule has 0 fully saturated rings. The average molecular weight is 415 g/mol. The topological polar surface area (TPSA) is 126 Å². The number of carbonyl (C=O) groups excluding carboxylic acids is 1. The highest BCUT2D eigenvalue weighted by Crippen LogP contribution is 2.30. The lowest BCUT2D eigenvalue weighted by Gasteiger charge is -2.25. The second-order valence-electron chi connectivity index (χ2n) is 6.31. The van der Waals surface area contributed by atoms with E-state index in [1.165, 1.54) is 47.4 Å². The molecule has 27 heavy (non-hydrogen) atoms. The molecule has 1 aromatic carbocycles. The van der Waals surface area contributed by atoms with Crippen LogP contribution in [-0.4, -0.2) is 40.2 Å². The molecule has 8 nitrogen and oxygen atoms in total. The number of halogens is 1. The Bertz CT molecular complexity index is 1030. The number of aryl methyl sites for hydroxylation is 1. The molecule has 3 N–H and O–H groups in total. The summed E-state index contributed by atoms with van der Waals surface area (Å²) in [4.78, 5) is 24.2. The number of rotatable bonds is 6. The van der Waals surface area contributed by atoms with Crippen molar-refractivity contribution in [3.05, 3.63) is 51.9 Å². The molecule has 0 aliphatic rings. The summed E-state index contributed by atoms with van der Waals surface area (Å²) >= 11 is 6.09. The predicted molar refractivity (Wildman–Crippen MR) is 101 cm³/mol. The van der Waals surface area contributed by atoms with E-state index in [1.807, 2.05) is 0 Å². The minimum Gasteiger partial charge on any atom is -0.508 e. The number of amides is 1. The van der Waals surface area contributed by atoms with Crippen LogP contribution in [0.15, 0.2) is 41.3 Å². The van der Waals surface area contributed by atoms with Gasteiger partial charge in [-0.1, -0.05) is 11.6 Å². The van der Waals surface area contributed by atoms with E-state index in [4.69, 9.17) is 16.8 Å². The van der Waals surface area contributed by atoms with Gasteiger partial charge in [0, 0.05) is 35.6 Å². The van der Waals surface area contributed by atoms with E-state index in [0.29, 0.717) is 16.1 Å². The highest BCUT2D eigenvalue weighted by Gasteiger charge is 2.43. The first-order valence-electron chi connectivity index (χ1n) is 7.83. The van der Waals surface area contributed by atoms with Crippen LogP contribution in [0.3, 0.4) is 0 Å². The summed E-state index contributed by atoms with van der Waals surface area (Å²) in [5, 5.41) is 18.8. The molecule has 0 aliphatic heterocycles. The lowest BCUT2D eigenvalue weighted by molar-refractivity contribution is -0.131. The van der Waals surface area contributed by atoms with E-state index in [-0.39, 0.29) is 18.7 Å². The third-order valence-corrected chi connectivity index (χ3v) is 6.84. The third-order valence-electron chi connectivity index (χ3n) is 4.49. The maximum absolute atomic E-state index is 12.4. The van der Waals surface area contributed by atoms with Crippen LogP contribution in [0, 0.1) is 0 Å². The Hall–Kier alpha value is -2.36. The number of pyridine rings is 1. The van der Waals surface area contributed by atoms with Crippen LogP contribution < -0.4 is 11.0 Å². The first-order valence-corrected chi connectivity index (χ1v) is 10.1. The molecule has 1 atom stereocenters. The number of carbonyl (C=O) groups is 1. The number of phenolic OH excluding ortho intramolecular Hbond substituents is 1. The van der Waals surface area contributed by atoms with Crippen molar-refractivity contribution in [1.82, 2.24) is 10.0 Å². The van der Waals surface area contributed by atoms with Crippen LogP contribution in [0.5, 0.6) is 5.75 Å². The summed E-state index contributed by atoms with van der Waals surface area (Å²) in [5.74, 6) is -1.07. The Kier molecular flexibility index (Phi) is 5.98. The van der Waals surface area contributed by atoms with Crippen molar-refractivity contribution in [2.75, 3.05) is 6.26 Å². The quantitative estimate of drug-likeness (QED) is 0.486. The molecule has 0 saturated heterocycles. The molecular weight excluding hydrogens is 396 g/mol. The molecule has 1 amide bonds. The van der Waals surface area contributed by atoms with Gasteiger partial charge in [0.25, 0.3) is 11.5 Å². The molecule has 0 radical (unpaired) electrons. The summed E-state index contributed by atoms with van der Waals surface area (Å²) in [7, 11) is -3.85. The minimum absolute atomic E-state index is 0.00230. The second kappa shape index (κ2) is 7.71. The number of sulfone groups is 1. The van der Waals surface area contributed by atoms with Gasteiger partial charge in [0.1, 0.15) is 5.75 Å². The fraction of sp³-hybridized carbons (Fsp3) is 0.294. The van der Waals surface area contributed by atoms with Gasteiger partial charge >= 0.3 is 0 Å². The maximum atomic E-state index is 12.4. The summed E-state index contributed by atoms with van der Waals surface area (Å²) < 4.78 is 23.3. The molecule has 1 aromatic heterocycles. The zero-order valence-electron chi connectivity index (χ0n) is 14.6. The van der Waals surface area contributed by atoms with Gasteiger partial charge in [0.15, 0.2) is 14.6 Å². The van der Waals surface area contributed by atoms with Crippen molar-refractivity contribution in [3.63, 3.8) is 0 Å². The lowest BCUT2D eigenvalue weighted by atomic mass is 10.1. The van der Waals surface area contributed by atoms with E-state index in [9.17, 15) is 23.1 Å². The summed E-state index contributed by atoms with van der Waals surface area (Å²) in [5.41, 5.74) is 1.88. The number of aromatic hydroxyl groups is 1. The van der Waals surface area contributed by atoms with E-state index in [2.05, 4.69) is 0 Å². The maximum Gasteiger partial charge on any atom is 0.264 e. The van der Waals surface area contributed by atoms with E-state index in [1.54, 1.807) is 6.07 Å². The molecule has 1 heterocycles. The van der Waals surface area contributed by atoms with Crippen LogP contribution in [-0.2, 0) is 21.2 Å². The Labute approximate surface area is 160 Å². The molecule has 146 valence electrons. The van der Waals surface area contributed by atoms with E-state index in [0.717, 1.165) is 6.26 Å². The standard InChI is InChI=1S/C17H19ClN2O6S/c1-17(16(23)19-24,27(2,25)26)6-8-20-7-5-11(9-15(20)22)13-10-12(21)3-4-14(13)18/h3-5,7,9-10,21,24H,6,8H2,1-2H3,(H,19,23). The normalized spacial score (nSPS) is 13.8. The number of nitrogens with zero attached hydrogens (tertiary/aromatic N) is 1. The highest BCUT2D eigenvalue weighted by atomic mass is 35.5. The molecule has 0 spiro atoms. The number of hydroxylamine groups is 1. The van der Waals surface area contributed by atoms with Crippen molar-refractivity contribution in [2.45, 2.75) is 24.6 Å². The second-order valence-corrected chi connectivity index (χ2v) is 9.16. The van der Waals surface area contributed by atoms with Crippen LogP contribution in [0.1, 0.15) is 13.3 Å². The number of hydrogen-bond donors (Lipinski definition) is 3. The van der Waals surface area contributed by atoms with Gasteiger partial charge in [0.2, 0.25) is 0 Å². The summed E-state index contributed by atoms with van der Waals surface area (Å²) in [6.45, 7) is 1.11. The van der Waals surface area contributed by atoms with Gasteiger partial charge in [0.05, 0.1) is 0 Å². The Balaban J connectivity index is 2.33. The van der Waals surface area contributed by atoms with Gasteiger partial charge in [-0.3, -0.25) is 14.8 Å². The molecule has 0 bridgehead atoms. The van der Waals surface area contributed by atoms with Gasteiger partial charge in [-0.15, -0.1) is 0 Å². The lowest BCUT2D eigenvalue weighted by Crippen LogP contribution is -2.49.